The van der Waals surface area contributed by atoms with Crippen molar-refractivity contribution in [3.63, 3.8) is 0 Å². The van der Waals surface area contributed by atoms with Crippen LogP contribution in [0.25, 0.3) is 0 Å². The molecule has 0 spiro atoms. The maximum Gasteiger partial charge on any atom is 0.191 e. The fraction of sp³-hybridized carbons (Fsp3) is 0.500. The number of thiophene rings is 1. The maximum atomic E-state index is 6.14. The van der Waals surface area contributed by atoms with Crippen LogP contribution in [0.5, 0.6) is 0 Å². The van der Waals surface area contributed by atoms with Crippen LogP contribution in [-0.4, -0.2) is 55.3 Å². The third-order valence-corrected chi connectivity index (χ3v) is 6.51. The van der Waals surface area contributed by atoms with E-state index in [1.165, 1.54) is 4.88 Å². The highest BCUT2D eigenvalue weighted by atomic mass is 35.5. The lowest BCUT2D eigenvalue weighted by Gasteiger charge is -2.34. The van der Waals surface area contributed by atoms with E-state index in [-0.39, 0.29) is 0 Å². The molecule has 3 rings (SSSR count). The summed E-state index contributed by atoms with van der Waals surface area (Å²) >= 11 is 14.0. The minimum Gasteiger partial charge on any atom is -0.379 e. The molecule has 9 heteroatoms. The average molecular weight is 430 g/mol. The summed E-state index contributed by atoms with van der Waals surface area (Å²) in [4.78, 5) is 8.15. The van der Waals surface area contributed by atoms with E-state index in [9.17, 15) is 0 Å². The Bertz CT molecular complexity index is 756. The second kappa shape index (κ2) is 9.80. The Morgan fingerprint density at radius 3 is 2.70 bits per heavy atom. The molecule has 0 aromatic carbocycles. The Balaban J connectivity index is 1.60. The van der Waals surface area contributed by atoms with Crippen molar-refractivity contribution in [2.45, 2.75) is 12.6 Å². The van der Waals surface area contributed by atoms with Crippen molar-refractivity contribution in [2.75, 3.05) is 39.9 Å². The van der Waals surface area contributed by atoms with E-state index < -0.39 is 0 Å². The molecular formula is C18H25Cl2N5OS. The molecule has 1 fully saturated rings. The van der Waals surface area contributed by atoms with Gasteiger partial charge in [-0.25, -0.2) is 0 Å². The van der Waals surface area contributed by atoms with Gasteiger partial charge < -0.3 is 19.9 Å². The molecule has 2 aromatic rings. The Hall–Kier alpha value is -1.25. The van der Waals surface area contributed by atoms with Crippen LogP contribution in [0.4, 0.5) is 0 Å². The predicted octanol–water partition coefficient (Wildman–Crippen LogP) is 3.13. The van der Waals surface area contributed by atoms with E-state index in [0.717, 1.165) is 44.5 Å². The van der Waals surface area contributed by atoms with Crippen LogP contribution in [0.1, 0.15) is 16.6 Å². The molecule has 1 aliphatic rings. The zero-order chi connectivity index (χ0) is 19.2. The van der Waals surface area contributed by atoms with Crippen LogP contribution in [0, 0.1) is 0 Å². The molecule has 0 bridgehead atoms. The maximum absolute atomic E-state index is 6.14. The SMILES string of the molecule is CN=C(NCc1cc(Cl)c(Cl)n1C)NCC(c1cccs1)N1CCOCC1. The quantitative estimate of drug-likeness (QED) is 0.546. The molecule has 27 heavy (non-hydrogen) atoms. The molecule has 0 saturated carbocycles. The van der Waals surface area contributed by atoms with E-state index in [1.54, 1.807) is 18.4 Å². The summed E-state index contributed by atoms with van der Waals surface area (Å²) < 4.78 is 7.37. The largest absolute Gasteiger partial charge is 0.379 e. The third kappa shape index (κ3) is 5.18. The van der Waals surface area contributed by atoms with E-state index in [4.69, 9.17) is 27.9 Å². The van der Waals surface area contributed by atoms with Crippen LogP contribution in [0.15, 0.2) is 28.6 Å². The highest BCUT2D eigenvalue weighted by molar-refractivity contribution is 7.10. The van der Waals surface area contributed by atoms with Crippen molar-refractivity contribution in [2.24, 2.45) is 12.0 Å². The molecule has 2 N–H and O–H groups in total. The fourth-order valence-corrected chi connectivity index (χ4v) is 4.40. The first kappa shape index (κ1) is 20.5. The molecule has 0 radical (unpaired) electrons. The smallest absolute Gasteiger partial charge is 0.191 e. The molecule has 1 unspecified atom stereocenters. The van der Waals surface area contributed by atoms with Gasteiger partial charge in [0.25, 0.3) is 0 Å². The van der Waals surface area contributed by atoms with Gasteiger partial charge in [0.1, 0.15) is 5.15 Å². The number of ether oxygens (including phenoxy) is 1. The molecule has 148 valence electrons. The zero-order valence-corrected chi connectivity index (χ0v) is 17.9. The lowest BCUT2D eigenvalue weighted by atomic mass is 10.2. The zero-order valence-electron chi connectivity index (χ0n) is 15.5. The number of guanidine groups is 1. The van der Waals surface area contributed by atoms with E-state index in [0.29, 0.717) is 22.8 Å². The number of hydrogen-bond acceptors (Lipinski definition) is 4. The Morgan fingerprint density at radius 1 is 1.33 bits per heavy atom. The normalized spacial score (nSPS) is 17.1. The number of rotatable bonds is 6. The molecule has 1 aliphatic heterocycles. The first-order valence-electron chi connectivity index (χ1n) is 8.89. The van der Waals surface area contributed by atoms with Crippen molar-refractivity contribution in [1.82, 2.24) is 20.1 Å². The molecule has 3 heterocycles. The lowest BCUT2D eigenvalue weighted by molar-refractivity contribution is 0.0177. The molecular weight excluding hydrogens is 405 g/mol. The number of nitrogens with one attached hydrogen (secondary N) is 2. The highest BCUT2D eigenvalue weighted by Gasteiger charge is 2.23. The summed E-state index contributed by atoms with van der Waals surface area (Å²) in [5.74, 6) is 0.748. The number of nitrogens with zero attached hydrogens (tertiary/aromatic N) is 3. The van der Waals surface area contributed by atoms with Crippen molar-refractivity contribution in [3.05, 3.63) is 44.3 Å². The first-order chi connectivity index (χ1) is 13.1. The number of hydrogen-bond donors (Lipinski definition) is 2. The topological polar surface area (TPSA) is 53.8 Å². The second-order valence-corrected chi connectivity index (χ2v) is 8.06. The van der Waals surface area contributed by atoms with Crippen LogP contribution in [-0.2, 0) is 18.3 Å². The monoisotopic (exact) mass is 429 g/mol. The van der Waals surface area contributed by atoms with Gasteiger partial charge in [0.05, 0.1) is 30.8 Å². The van der Waals surface area contributed by atoms with Gasteiger partial charge in [0.15, 0.2) is 5.96 Å². The Morgan fingerprint density at radius 2 is 2.11 bits per heavy atom. The number of aromatic nitrogens is 1. The van der Waals surface area contributed by atoms with Gasteiger partial charge in [-0.05, 0) is 17.5 Å². The van der Waals surface area contributed by atoms with Crippen molar-refractivity contribution in [1.29, 1.82) is 0 Å². The van der Waals surface area contributed by atoms with E-state index >= 15 is 0 Å². The van der Waals surface area contributed by atoms with Crippen molar-refractivity contribution in [3.8, 4) is 0 Å². The van der Waals surface area contributed by atoms with Gasteiger partial charge in [-0.2, -0.15) is 0 Å². The summed E-state index contributed by atoms with van der Waals surface area (Å²) in [6, 6.07) is 6.46. The van der Waals surface area contributed by atoms with Crippen LogP contribution < -0.4 is 10.6 Å². The van der Waals surface area contributed by atoms with E-state index in [1.807, 2.05) is 17.7 Å². The second-order valence-electron chi connectivity index (χ2n) is 6.32. The fourth-order valence-electron chi connectivity index (χ4n) is 3.13. The summed E-state index contributed by atoms with van der Waals surface area (Å²) in [6.45, 7) is 4.81. The highest BCUT2D eigenvalue weighted by Crippen LogP contribution is 2.26. The molecule has 2 aromatic heterocycles. The van der Waals surface area contributed by atoms with Gasteiger partial charge >= 0.3 is 0 Å². The van der Waals surface area contributed by atoms with Gasteiger partial charge in [-0.1, -0.05) is 29.3 Å². The van der Waals surface area contributed by atoms with Crippen LogP contribution >= 0.6 is 34.5 Å². The molecule has 0 aliphatic carbocycles. The third-order valence-electron chi connectivity index (χ3n) is 4.70. The van der Waals surface area contributed by atoms with Crippen molar-refractivity contribution < 1.29 is 4.74 Å². The van der Waals surface area contributed by atoms with E-state index in [2.05, 4.69) is 38.0 Å². The standard InChI is InChI=1S/C18H25Cl2N5OS/c1-21-18(22-11-13-10-14(19)17(20)24(13)2)23-12-15(16-4-3-9-27-16)25-5-7-26-8-6-25/h3-4,9-10,15H,5-8,11-12H2,1-2H3,(H2,21,22,23). The molecule has 1 atom stereocenters. The Labute approximate surface area is 174 Å². The molecule has 6 nitrogen and oxygen atoms in total. The first-order valence-corrected chi connectivity index (χ1v) is 10.5. The Kier molecular flexibility index (Phi) is 7.43. The summed E-state index contributed by atoms with van der Waals surface area (Å²) in [5.41, 5.74) is 0.996. The van der Waals surface area contributed by atoms with Gasteiger partial charge in [0.2, 0.25) is 0 Å². The molecule has 0 amide bonds. The van der Waals surface area contributed by atoms with Crippen LogP contribution in [0.3, 0.4) is 0 Å². The van der Waals surface area contributed by atoms with Gasteiger partial charge in [-0.15, -0.1) is 11.3 Å². The predicted molar refractivity (Wildman–Crippen MR) is 113 cm³/mol. The summed E-state index contributed by atoms with van der Waals surface area (Å²) in [7, 11) is 3.67. The molecule has 1 saturated heterocycles. The van der Waals surface area contributed by atoms with Gasteiger partial charge in [0, 0.05) is 44.3 Å². The van der Waals surface area contributed by atoms with Crippen LogP contribution in [0.2, 0.25) is 10.2 Å². The number of aliphatic imine (C=N–C) groups is 1. The summed E-state index contributed by atoms with van der Waals surface area (Å²) in [5, 5.41) is 10.0. The summed E-state index contributed by atoms with van der Waals surface area (Å²) in [6.07, 6.45) is 0. The number of morpholine rings is 1. The minimum absolute atomic E-state index is 0.298. The number of halogens is 2. The average Bonchev–Trinajstić information content (AvgIpc) is 3.30. The van der Waals surface area contributed by atoms with Gasteiger partial charge in [-0.3, -0.25) is 9.89 Å². The minimum atomic E-state index is 0.298. The van der Waals surface area contributed by atoms with Crippen molar-refractivity contribution >= 4 is 40.5 Å². The lowest BCUT2D eigenvalue weighted by Crippen LogP contribution is -2.46.